The maximum Gasteiger partial charge on any atom is 0.237 e. The van der Waals surface area contributed by atoms with Crippen molar-refractivity contribution in [3.63, 3.8) is 0 Å². The van der Waals surface area contributed by atoms with Crippen molar-refractivity contribution in [2.75, 3.05) is 18.8 Å². The van der Waals surface area contributed by atoms with E-state index < -0.39 is 9.84 Å². The summed E-state index contributed by atoms with van der Waals surface area (Å²) in [5.74, 6) is -0.108. The zero-order chi connectivity index (χ0) is 14.4. The Morgan fingerprint density at radius 1 is 1.30 bits per heavy atom. The van der Waals surface area contributed by atoms with E-state index in [2.05, 4.69) is 10.6 Å². The van der Waals surface area contributed by atoms with Crippen molar-refractivity contribution < 1.29 is 13.2 Å². The van der Waals surface area contributed by atoms with Crippen LogP contribution in [0.5, 0.6) is 0 Å². The summed E-state index contributed by atoms with van der Waals surface area (Å²) in [7, 11) is -3.19. The zero-order valence-electron chi connectivity index (χ0n) is 11.3. The predicted octanol–water partition coefficient (Wildman–Crippen LogP) is 0.470. The first-order chi connectivity index (χ1) is 9.57. The normalized spacial score (nSPS) is 18.9. The van der Waals surface area contributed by atoms with Crippen LogP contribution in [-0.4, -0.2) is 39.2 Å². The van der Waals surface area contributed by atoms with Crippen LogP contribution in [0.4, 0.5) is 0 Å². The minimum absolute atomic E-state index is 0.0192. The number of hydrogen-bond donors (Lipinski definition) is 2. The zero-order valence-corrected chi connectivity index (χ0v) is 12.2. The second-order valence-electron chi connectivity index (χ2n) is 5.02. The average molecular weight is 296 g/mol. The Hall–Kier alpha value is -1.40. The summed E-state index contributed by atoms with van der Waals surface area (Å²) < 4.78 is 23.9. The lowest BCUT2D eigenvalue weighted by Gasteiger charge is -2.11. The molecule has 1 aliphatic heterocycles. The highest BCUT2D eigenvalue weighted by Crippen LogP contribution is 2.06. The van der Waals surface area contributed by atoms with Crippen LogP contribution >= 0.6 is 0 Å². The molecule has 0 spiro atoms. The topological polar surface area (TPSA) is 75.3 Å². The van der Waals surface area contributed by atoms with Crippen molar-refractivity contribution in [1.82, 2.24) is 10.6 Å². The first kappa shape index (κ1) is 15.0. The van der Waals surface area contributed by atoms with Crippen molar-refractivity contribution >= 4 is 15.7 Å². The third kappa shape index (κ3) is 4.61. The maximum atomic E-state index is 11.9. The Morgan fingerprint density at radius 3 is 2.70 bits per heavy atom. The monoisotopic (exact) mass is 296 g/mol. The predicted molar refractivity (Wildman–Crippen MR) is 78.0 cm³/mol. The Kier molecular flexibility index (Phi) is 5.14. The van der Waals surface area contributed by atoms with E-state index in [0.29, 0.717) is 0 Å². The summed E-state index contributed by atoms with van der Waals surface area (Å²) in [6, 6.07) is 8.91. The summed E-state index contributed by atoms with van der Waals surface area (Å²) in [4.78, 5) is 11.7. The van der Waals surface area contributed by atoms with Crippen LogP contribution in [-0.2, 0) is 20.4 Å². The van der Waals surface area contributed by atoms with Gasteiger partial charge >= 0.3 is 0 Å². The maximum absolute atomic E-state index is 11.9. The second-order valence-corrected chi connectivity index (χ2v) is 7.20. The minimum atomic E-state index is -3.19. The molecule has 1 aliphatic rings. The number of amides is 1. The van der Waals surface area contributed by atoms with Crippen molar-refractivity contribution in [3.05, 3.63) is 35.9 Å². The fraction of sp³-hybridized carbons (Fsp3) is 0.500. The smallest absolute Gasteiger partial charge is 0.237 e. The van der Waals surface area contributed by atoms with Gasteiger partial charge in [0.1, 0.15) is 0 Å². The van der Waals surface area contributed by atoms with Crippen LogP contribution in [0.25, 0.3) is 0 Å². The van der Waals surface area contributed by atoms with Crippen LogP contribution < -0.4 is 10.6 Å². The molecule has 0 radical (unpaired) electrons. The molecule has 1 fully saturated rings. The van der Waals surface area contributed by atoms with E-state index in [1.165, 1.54) is 0 Å². The number of sulfone groups is 1. The summed E-state index contributed by atoms with van der Waals surface area (Å²) >= 11 is 0. The molecule has 1 heterocycles. The lowest BCUT2D eigenvalue weighted by atomic mass is 10.2. The fourth-order valence-electron chi connectivity index (χ4n) is 2.26. The second kappa shape index (κ2) is 6.85. The van der Waals surface area contributed by atoms with E-state index in [4.69, 9.17) is 0 Å². The molecule has 110 valence electrons. The van der Waals surface area contributed by atoms with E-state index >= 15 is 0 Å². The SMILES string of the molecule is O=C(NCCS(=O)(=O)Cc1ccccc1)C1CCCN1. The Balaban J connectivity index is 1.76. The third-order valence-corrected chi connectivity index (χ3v) is 4.92. The molecule has 1 aromatic carbocycles. The average Bonchev–Trinajstić information content (AvgIpc) is 2.93. The number of rotatable bonds is 6. The highest BCUT2D eigenvalue weighted by atomic mass is 32.2. The van der Waals surface area contributed by atoms with Gasteiger partial charge in [0.05, 0.1) is 17.5 Å². The van der Waals surface area contributed by atoms with Gasteiger partial charge in [0.15, 0.2) is 9.84 Å². The highest BCUT2D eigenvalue weighted by molar-refractivity contribution is 7.90. The van der Waals surface area contributed by atoms with Crippen molar-refractivity contribution in [2.45, 2.75) is 24.6 Å². The number of benzene rings is 1. The van der Waals surface area contributed by atoms with Crippen molar-refractivity contribution in [3.8, 4) is 0 Å². The molecule has 2 rings (SSSR count). The molecular weight excluding hydrogens is 276 g/mol. The van der Waals surface area contributed by atoms with Crippen LogP contribution in [0.1, 0.15) is 18.4 Å². The largest absolute Gasteiger partial charge is 0.354 e. The molecule has 6 heteroatoms. The molecular formula is C14H20N2O3S. The van der Waals surface area contributed by atoms with Crippen LogP contribution in [0, 0.1) is 0 Å². The Morgan fingerprint density at radius 2 is 2.05 bits per heavy atom. The molecule has 1 amide bonds. The van der Waals surface area contributed by atoms with Gasteiger partial charge in [-0.25, -0.2) is 8.42 Å². The third-order valence-electron chi connectivity index (χ3n) is 3.32. The molecule has 1 aromatic rings. The Bertz CT molecular complexity index is 537. The molecule has 2 N–H and O–H groups in total. The quantitative estimate of drug-likeness (QED) is 0.800. The highest BCUT2D eigenvalue weighted by Gasteiger charge is 2.22. The number of carbonyl (C=O) groups is 1. The van der Waals surface area contributed by atoms with Crippen LogP contribution in [0.2, 0.25) is 0 Å². The van der Waals surface area contributed by atoms with Gasteiger partial charge in [-0.1, -0.05) is 30.3 Å². The van der Waals surface area contributed by atoms with Gasteiger partial charge in [-0.2, -0.15) is 0 Å². The summed E-state index contributed by atoms with van der Waals surface area (Å²) in [5, 5.41) is 5.77. The van der Waals surface area contributed by atoms with E-state index in [1.54, 1.807) is 12.1 Å². The molecule has 5 nitrogen and oxygen atoms in total. The van der Waals surface area contributed by atoms with E-state index in [0.717, 1.165) is 24.9 Å². The van der Waals surface area contributed by atoms with E-state index in [9.17, 15) is 13.2 Å². The van der Waals surface area contributed by atoms with Gasteiger partial charge in [0.25, 0.3) is 0 Å². The first-order valence-corrected chi connectivity index (χ1v) is 8.64. The minimum Gasteiger partial charge on any atom is -0.354 e. The van der Waals surface area contributed by atoms with E-state index in [1.807, 2.05) is 18.2 Å². The van der Waals surface area contributed by atoms with Gasteiger partial charge in [-0.3, -0.25) is 4.79 Å². The standard InChI is InChI=1S/C14H20N2O3S/c17-14(13-7-4-8-15-13)16-9-10-20(18,19)11-12-5-2-1-3-6-12/h1-3,5-6,13,15H,4,7-11H2,(H,16,17). The van der Waals surface area contributed by atoms with Crippen LogP contribution in [0.15, 0.2) is 30.3 Å². The number of nitrogens with one attached hydrogen (secondary N) is 2. The lowest BCUT2D eigenvalue weighted by Crippen LogP contribution is -2.42. The molecule has 0 aliphatic carbocycles. The molecule has 0 aromatic heterocycles. The summed E-state index contributed by atoms with van der Waals surface area (Å²) in [5.41, 5.74) is 0.774. The molecule has 1 saturated heterocycles. The van der Waals surface area contributed by atoms with Gasteiger partial charge in [0, 0.05) is 6.54 Å². The lowest BCUT2D eigenvalue weighted by molar-refractivity contribution is -0.122. The van der Waals surface area contributed by atoms with Gasteiger partial charge in [-0.05, 0) is 24.9 Å². The molecule has 20 heavy (non-hydrogen) atoms. The molecule has 0 saturated carbocycles. The number of hydrogen-bond acceptors (Lipinski definition) is 4. The van der Waals surface area contributed by atoms with Gasteiger partial charge in [-0.15, -0.1) is 0 Å². The van der Waals surface area contributed by atoms with Gasteiger partial charge < -0.3 is 10.6 Å². The van der Waals surface area contributed by atoms with Crippen molar-refractivity contribution in [2.24, 2.45) is 0 Å². The Labute approximate surface area is 119 Å². The molecule has 1 unspecified atom stereocenters. The van der Waals surface area contributed by atoms with E-state index in [-0.39, 0.29) is 30.0 Å². The molecule has 0 bridgehead atoms. The number of carbonyl (C=O) groups excluding carboxylic acids is 1. The van der Waals surface area contributed by atoms with Crippen LogP contribution in [0.3, 0.4) is 0 Å². The summed E-state index contributed by atoms with van der Waals surface area (Å²) in [6.07, 6.45) is 1.81. The molecule has 1 atom stereocenters. The van der Waals surface area contributed by atoms with Crippen molar-refractivity contribution in [1.29, 1.82) is 0 Å². The summed E-state index contributed by atoms with van der Waals surface area (Å²) in [6.45, 7) is 1.02. The first-order valence-electron chi connectivity index (χ1n) is 6.82. The fourth-order valence-corrected chi connectivity index (χ4v) is 3.52. The van der Waals surface area contributed by atoms with Gasteiger partial charge in [0.2, 0.25) is 5.91 Å².